The second kappa shape index (κ2) is 3.37. The quantitative estimate of drug-likeness (QED) is 0.734. The van der Waals surface area contributed by atoms with Crippen LogP contribution in [0.4, 0.5) is 0 Å². The van der Waals surface area contributed by atoms with E-state index < -0.39 is 0 Å². The Balaban J connectivity index is 2.37. The zero-order chi connectivity index (χ0) is 11.1. The Morgan fingerprint density at radius 1 is 1.31 bits per heavy atom. The molecule has 1 aliphatic carbocycles. The number of fused-ring (bicyclic) bond motifs is 2. The highest BCUT2D eigenvalue weighted by Crippen LogP contribution is 2.25. The SMILES string of the molecule is COc1ccc2c(=O)c3c(oc2c1)CCC3. The number of methoxy groups -OCH3 is 1. The average Bonchev–Trinajstić information content (AvgIpc) is 2.77. The summed E-state index contributed by atoms with van der Waals surface area (Å²) >= 11 is 0. The molecule has 3 rings (SSSR count). The van der Waals surface area contributed by atoms with E-state index in [0.717, 1.165) is 30.6 Å². The Morgan fingerprint density at radius 3 is 3.00 bits per heavy atom. The number of hydrogen-bond acceptors (Lipinski definition) is 3. The first-order valence-electron chi connectivity index (χ1n) is 5.42. The molecule has 1 heterocycles. The summed E-state index contributed by atoms with van der Waals surface area (Å²) in [5, 5.41) is 0.654. The van der Waals surface area contributed by atoms with Gasteiger partial charge in [0.1, 0.15) is 17.1 Å². The van der Waals surface area contributed by atoms with Crippen LogP contribution < -0.4 is 10.2 Å². The molecule has 1 aromatic heterocycles. The van der Waals surface area contributed by atoms with Gasteiger partial charge in [-0.05, 0) is 25.0 Å². The average molecular weight is 216 g/mol. The third kappa shape index (κ3) is 1.24. The fourth-order valence-electron chi connectivity index (χ4n) is 2.27. The van der Waals surface area contributed by atoms with Crippen LogP contribution in [0.25, 0.3) is 11.0 Å². The second-order valence-corrected chi connectivity index (χ2v) is 4.05. The van der Waals surface area contributed by atoms with Crippen LogP contribution in [0.5, 0.6) is 5.75 Å². The minimum Gasteiger partial charge on any atom is -0.497 e. The maximum atomic E-state index is 12.1. The molecule has 0 unspecified atom stereocenters. The molecule has 2 aromatic rings. The van der Waals surface area contributed by atoms with Crippen molar-refractivity contribution >= 4 is 11.0 Å². The third-order valence-corrected chi connectivity index (χ3v) is 3.11. The van der Waals surface area contributed by atoms with E-state index in [1.165, 1.54) is 0 Å². The number of aryl methyl sites for hydroxylation is 1. The summed E-state index contributed by atoms with van der Waals surface area (Å²) in [6.45, 7) is 0. The molecule has 0 radical (unpaired) electrons. The minimum atomic E-state index is 0.122. The van der Waals surface area contributed by atoms with Gasteiger partial charge in [0.15, 0.2) is 5.43 Å². The van der Waals surface area contributed by atoms with Crippen molar-refractivity contribution in [1.29, 1.82) is 0 Å². The van der Waals surface area contributed by atoms with E-state index in [2.05, 4.69) is 0 Å². The van der Waals surface area contributed by atoms with Crippen molar-refractivity contribution in [2.24, 2.45) is 0 Å². The summed E-state index contributed by atoms with van der Waals surface area (Å²) in [6, 6.07) is 5.34. The Hall–Kier alpha value is -1.77. The molecular formula is C13H12O3. The summed E-state index contributed by atoms with van der Waals surface area (Å²) in [5.41, 5.74) is 1.61. The van der Waals surface area contributed by atoms with Gasteiger partial charge in [-0.25, -0.2) is 0 Å². The highest BCUT2D eigenvalue weighted by molar-refractivity contribution is 5.79. The lowest BCUT2D eigenvalue weighted by atomic mass is 10.1. The van der Waals surface area contributed by atoms with Gasteiger partial charge in [0.05, 0.1) is 12.5 Å². The molecule has 0 spiro atoms. The van der Waals surface area contributed by atoms with Crippen LogP contribution in [-0.4, -0.2) is 7.11 Å². The van der Waals surface area contributed by atoms with Gasteiger partial charge in [-0.2, -0.15) is 0 Å². The van der Waals surface area contributed by atoms with Crippen molar-refractivity contribution in [3.63, 3.8) is 0 Å². The molecule has 0 N–H and O–H groups in total. The van der Waals surface area contributed by atoms with Gasteiger partial charge in [-0.15, -0.1) is 0 Å². The zero-order valence-electron chi connectivity index (χ0n) is 9.08. The van der Waals surface area contributed by atoms with Gasteiger partial charge < -0.3 is 9.15 Å². The van der Waals surface area contributed by atoms with Crippen molar-refractivity contribution in [3.05, 3.63) is 39.7 Å². The van der Waals surface area contributed by atoms with Gasteiger partial charge in [-0.3, -0.25) is 4.79 Å². The second-order valence-electron chi connectivity index (χ2n) is 4.05. The van der Waals surface area contributed by atoms with Crippen molar-refractivity contribution in [2.75, 3.05) is 7.11 Å². The first kappa shape index (κ1) is 9.46. The Bertz CT molecular complexity index is 610. The number of benzene rings is 1. The lowest BCUT2D eigenvalue weighted by Gasteiger charge is -2.04. The molecule has 0 saturated carbocycles. The van der Waals surface area contributed by atoms with Gasteiger partial charge in [-0.1, -0.05) is 0 Å². The highest BCUT2D eigenvalue weighted by atomic mass is 16.5. The molecule has 0 saturated heterocycles. The van der Waals surface area contributed by atoms with Gasteiger partial charge >= 0.3 is 0 Å². The van der Waals surface area contributed by atoms with E-state index in [0.29, 0.717) is 16.7 Å². The fraction of sp³-hybridized carbons (Fsp3) is 0.308. The fourth-order valence-corrected chi connectivity index (χ4v) is 2.27. The molecule has 0 fully saturated rings. The lowest BCUT2D eigenvalue weighted by molar-refractivity contribution is 0.414. The van der Waals surface area contributed by atoms with Crippen molar-refractivity contribution in [1.82, 2.24) is 0 Å². The maximum absolute atomic E-state index is 12.1. The normalized spacial score (nSPS) is 14.1. The van der Waals surface area contributed by atoms with Crippen LogP contribution in [0.3, 0.4) is 0 Å². The van der Waals surface area contributed by atoms with Crippen LogP contribution in [0.1, 0.15) is 17.7 Å². The van der Waals surface area contributed by atoms with Gasteiger partial charge in [0, 0.05) is 18.1 Å². The molecule has 16 heavy (non-hydrogen) atoms. The summed E-state index contributed by atoms with van der Waals surface area (Å²) in [7, 11) is 1.60. The summed E-state index contributed by atoms with van der Waals surface area (Å²) in [6.07, 6.45) is 2.74. The van der Waals surface area contributed by atoms with Crippen molar-refractivity contribution in [2.45, 2.75) is 19.3 Å². The first-order chi connectivity index (χ1) is 7.79. The van der Waals surface area contributed by atoms with Crippen molar-refractivity contribution < 1.29 is 9.15 Å². The van der Waals surface area contributed by atoms with Gasteiger partial charge in [0.2, 0.25) is 0 Å². The van der Waals surface area contributed by atoms with E-state index in [1.807, 2.05) is 0 Å². The van der Waals surface area contributed by atoms with E-state index >= 15 is 0 Å². The van der Waals surface area contributed by atoms with Crippen LogP contribution in [0.2, 0.25) is 0 Å². The lowest BCUT2D eigenvalue weighted by Crippen LogP contribution is -2.08. The maximum Gasteiger partial charge on any atom is 0.196 e. The molecule has 0 aliphatic heterocycles. The number of ether oxygens (including phenoxy) is 1. The summed E-state index contributed by atoms with van der Waals surface area (Å²) < 4.78 is 10.9. The van der Waals surface area contributed by atoms with E-state index in [-0.39, 0.29) is 5.43 Å². The molecule has 3 heteroatoms. The van der Waals surface area contributed by atoms with Gasteiger partial charge in [0.25, 0.3) is 0 Å². The molecule has 1 aliphatic rings. The predicted octanol–water partition coefficient (Wildman–Crippen LogP) is 2.29. The van der Waals surface area contributed by atoms with Crippen LogP contribution in [0, 0.1) is 0 Å². The monoisotopic (exact) mass is 216 g/mol. The number of rotatable bonds is 1. The minimum absolute atomic E-state index is 0.122. The van der Waals surface area contributed by atoms with E-state index in [4.69, 9.17) is 9.15 Å². The Kier molecular flexibility index (Phi) is 1.99. The molecular weight excluding hydrogens is 204 g/mol. The zero-order valence-corrected chi connectivity index (χ0v) is 9.08. The molecule has 0 bridgehead atoms. The Morgan fingerprint density at radius 2 is 2.19 bits per heavy atom. The molecule has 0 atom stereocenters. The summed E-state index contributed by atoms with van der Waals surface area (Å²) in [4.78, 5) is 12.1. The van der Waals surface area contributed by atoms with E-state index in [1.54, 1.807) is 25.3 Å². The molecule has 0 amide bonds. The van der Waals surface area contributed by atoms with Crippen molar-refractivity contribution in [3.8, 4) is 5.75 Å². The molecule has 1 aromatic carbocycles. The van der Waals surface area contributed by atoms with Crippen LogP contribution in [-0.2, 0) is 12.8 Å². The molecule has 3 nitrogen and oxygen atoms in total. The van der Waals surface area contributed by atoms with E-state index in [9.17, 15) is 4.79 Å². The largest absolute Gasteiger partial charge is 0.497 e. The predicted molar refractivity (Wildman–Crippen MR) is 61.1 cm³/mol. The standard InChI is InChI=1S/C13H12O3/c1-15-8-5-6-10-12(7-8)16-11-4-2-3-9(11)13(10)14/h5-7H,2-4H2,1H3. The first-order valence-corrected chi connectivity index (χ1v) is 5.42. The van der Waals surface area contributed by atoms with Crippen LogP contribution >= 0.6 is 0 Å². The molecule has 82 valence electrons. The Labute approximate surface area is 92.6 Å². The van der Waals surface area contributed by atoms with Crippen LogP contribution in [0.15, 0.2) is 27.4 Å². The third-order valence-electron chi connectivity index (χ3n) is 3.11. The number of hydrogen-bond donors (Lipinski definition) is 0. The highest BCUT2D eigenvalue weighted by Gasteiger charge is 2.19. The summed E-state index contributed by atoms with van der Waals surface area (Å²) in [5.74, 6) is 1.57. The smallest absolute Gasteiger partial charge is 0.196 e. The topological polar surface area (TPSA) is 39.4 Å².